The van der Waals surface area contributed by atoms with Gasteiger partial charge in [0.25, 0.3) is 5.91 Å². The van der Waals surface area contributed by atoms with Crippen molar-refractivity contribution in [2.24, 2.45) is 0 Å². The molecular formula is C12H22N4O2S. The van der Waals surface area contributed by atoms with E-state index in [0.29, 0.717) is 23.0 Å². The molecule has 1 rings (SSSR count). The lowest BCUT2D eigenvalue weighted by Crippen LogP contribution is -2.26. The number of nitrogens with two attached hydrogens (primary N) is 1. The summed E-state index contributed by atoms with van der Waals surface area (Å²) >= 11 is 1.23. The van der Waals surface area contributed by atoms with Crippen LogP contribution in [0.15, 0.2) is 0 Å². The lowest BCUT2D eigenvalue weighted by atomic mass is 10.1. The first-order valence-corrected chi connectivity index (χ1v) is 7.01. The maximum absolute atomic E-state index is 11.9. The summed E-state index contributed by atoms with van der Waals surface area (Å²) in [6, 6.07) is 0. The van der Waals surface area contributed by atoms with Crippen LogP contribution in [0.25, 0.3) is 0 Å². The summed E-state index contributed by atoms with van der Waals surface area (Å²) < 4.78 is 0. The fraction of sp³-hybridized carbons (Fsp3) is 0.667. The fourth-order valence-corrected chi connectivity index (χ4v) is 2.35. The van der Waals surface area contributed by atoms with E-state index in [-0.39, 0.29) is 17.3 Å². The molecule has 0 saturated carbocycles. The number of nitrogen functional groups attached to an aromatic ring is 1. The van der Waals surface area contributed by atoms with Crippen molar-refractivity contribution in [3.05, 3.63) is 4.88 Å². The molecule has 1 amide bonds. The second-order valence-electron chi connectivity index (χ2n) is 5.50. The van der Waals surface area contributed by atoms with Gasteiger partial charge in [0.1, 0.15) is 10.7 Å². The molecule has 0 fully saturated rings. The molecule has 0 bridgehead atoms. The SMILES string of the molecule is CC(O)CCNC(=O)c1sc(NC(C)(C)C)nc1N. The van der Waals surface area contributed by atoms with Crippen LogP contribution < -0.4 is 16.4 Å². The Kier molecular flexibility index (Phi) is 5.13. The Balaban J connectivity index is 2.65. The van der Waals surface area contributed by atoms with E-state index in [2.05, 4.69) is 15.6 Å². The monoisotopic (exact) mass is 286 g/mol. The smallest absolute Gasteiger partial charge is 0.265 e. The van der Waals surface area contributed by atoms with E-state index >= 15 is 0 Å². The Hall–Kier alpha value is -1.34. The average Bonchev–Trinajstić information content (AvgIpc) is 2.55. The summed E-state index contributed by atoms with van der Waals surface area (Å²) in [6.45, 7) is 8.11. The zero-order chi connectivity index (χ0) is 14.6. The zero-order valence-corrected chi connectivity index (χ0v) is 12.6. The third kappa shape index (κ3) is 5.44. The van der Waals surface area contributed by atoms with Crippen molar-refractivity contribution < 1.29 is 9.90 Å². The van der Waals surface area contributed by atoms with Gasteiger partial charge in [-0.15, -0.1) is 0 Å². The van der Waals surface area contributed by atoms with Crippen LogP contribution in [-0.2, 0) is 0 Å². The number of amides is 1. The van der Waals surface area contributed by atoms with Gasteiger partial charge in [-0.05, 0) is 34.1 Å². The third-order valence-corrected chi connectivity index (χ3v) is 3.17. The van der Waals surface area contributed by atoms with Crippen molar-refractivity contribution in [2.45, 2.75) is 45.8 Å². The molecule has 6 nitrogen and oxygen atoms in total. The summed E-state index contributed by atoms with van der Waals surface area (Å²) in [7, 11) is 0. The van der Waals surface area contributed by atoms with Crippen LogP contribution in [0.4, 0.5) is 10.9 Å². The average molecular weight is 286 g/mol. The Morgan fingerprint density at radius 2 is 2.16 bits per heavy atom. The Labute approximate surface area is 117 Å². The molecule has 0 aliphatic rings. The highest BCUT2D eigenvalue weighted by Gasteiger charge is 2.18. The molecule has 1 unspecified atom stereocenters. The van der Waals surface area contributed by atoms with E-state index in [1.165, 1.54) is 11.3 Å². The number of carbonyl (C=O) groups is 1. The van der Waals surface area contributed by atoms with Crippen LogP contribution in [0.1, 0.15) is 43.8 Å². The molecule has 5 N–H and O–H groups in total. The summed E-state index contributed by atoms with van der Waals surface area (Å²) in [5, 5.41) is 15.6. The lowest BCUT2D eigenvalue weighted by molar-refractivity contribution is 0.0950. The molecule has 108 valence electrons. The fourth-order valence-electron chi connectivity index (χ4n) is 1.34. The Morgan fingerprint density at radius 1 is 1.53 bits per heavy atom. The minimum Gasteiger partial charge on any atom is -0.393 e. The minimum atomic E-state index is -0.433. The van der Waals surface area contributed by atoms with Gasteiger partial charge in [-0.2, -0.15) is 0 Å². The predicted octanol–water partition coefficient (Wildman–Crippen LogP) is 1.44. The van der Waals surface area contributed by atoms with Crippen molar-refractivity contribution in [3.63, 3.8) is 0 Å². The maximum Gasteiger partial charge on any atom is 0.265 e. The van der Waals surface area contributed by atoms with Gasteiger partial charge in [0.05, 0.1) is 6.10 Å². The number of aliphatic hydroxyl groups is 1. The van der Waals surface area contributed by atoms with Crippen molar-refractivity contribution in [3.8, 4) is 0 Å². The van der Waals surface area contributed by atoms with Crippen molar-refractivity contribution in [1.82, 2.24) is 10.3 Å². The van der Waals surface area contributed by atoms with E-state index in [9.17, 15) is 4.79 Å². The van der Waals surface area contributed by atoms with Gasteiger partial charge in [0.2, 0.25) is 0 Å². The summed E-state index contributed by atoms with van der Waals surface area (Å²) in [6.07, 6.45) is 0.0783. The van der Waals surface area contributed by atoms with E-state index in [4.69, 9.17) is 10.8 Å². The van der Waals surface area contributed by atoms with Crippen LogP contribution >= 0.6 is 11.3 Å². The molecule has 0 spiro atoms. The molecule has 1 heterocycles. The number of carbonyl (C=O) groups excluding carboxylic acids is 1. The van der Waals surface area contributed by atoms with Crippen LogP contribution in [0.3, 0.4) is 0 Å². The number of hydrogen-bond acceptors (Lipinski definition) is 6. The van der Waals surface area contributed by atoms with E-state index in [0.717, 1.165) is 0 Å². The van der Waals surface area contributed by atoms with Crippen LogP contribution in [0.2, 0.25) is 0 Å². The number of nitrogens with one attached hydrogen (secondary N) is 2. The normalized spacial score (nSPS) is 13.1. The highest BCUT2D eigenvalue weighted by Crippen LogP contribution is 2.26. The first-order valence-electron chi connectivity index (χ1n) is 6.20. The number of aromatic nitrogens is 1. The highest BCUT2D eigenvalue weighted by molar-refractivity contribution is 7.18. The van der Waals surface area contributed by atoms with Gasteiger partial charge in [-0.1, -0.05) is 11.3 Å². The number of nitrogens with zero attached hydrogens (tertiary/aromatic N) is 1. The first-order chi connectivity index (χ1) is 8.69. The van der Waals surface area contributed by atoms with Gasteiger partial charge in [0.15, 0.2) is 5.13 Å². The third-order valence-electron chi connectivity index (χ3n) is 2.19. The van der Waals surface area contributed by atoms with Gasteiger partial charge in [-0.25, -0.2) is 4.98 Å². The van der Waals surface area contributed by atoms with E-state index in [1.54, 1.807) is 6.92 Å². The van der Waals surface area contributed by atoms with Gasteiger partial charge < -0.3 is 21.5 Å². The van der Waals surface area contributed by atoms with Crippen LogP contribution in [-0.4, -0.2) is 34.2 Å². The summed E-state index contributed by atoms with van der Waals surface area (Å²) in [5.74, 6) is -0.0242. The maximum atomic E-state index is 11.9. The standard InChI is InChI=1S/C12H22N4O2S/c1-7(17)5-6-14-10(18)8-9(13)15-11(19-8)16-12(2,3)4/h7,17H,5-6,13H2,1-4H3,(H,14,18)(H,15,16). The lowest BCUT2D eigenvalue weighted by Gasteiger charge is -2.19. The number of hydrogen-bond donors (Lipinski definition) is 4. The number of rotatable bonds is 5. The van der Waals surface area contributed by atoms with Crippen molar-refractivity contribution in [2.75, 3.05) is 17.6 Å². The topological polar surface area (TPSA) is 100 Å². The second kappa shape index (κ2) is 6.21. The van der Waals surface area contributed by atoms with Gasteiger partial charge in [-0.3, -0.25) is 4.79 Å². The first kappa shape index (κ1) is 15.7. The number of aliphatic hydroxyl groups excluding tert-OH is 1. The predicted molar refractivity (Wildman–Crippen MR) is 78.5 cm³/mol. The zero-order valence-electron chi connectivity index (χ0n) is 11.8. The van der Waals surface area contributed by atoms with Gasteiger partial charge in [0, 0.05) is 12.1 Å². The molecule has 0 saturated heterocycles. The van der Waals surface area contributed by atoms with E-state index in [1.807, 2.05) is 20.8 Å². The molecule has 1 atom stereocenters. The number of anilines is 2. The molecule has 0 aliphatic carbocycles. The van der Waals surface area contributed by atoms with E-state index < -0.39 is 6.10 Å². The molecule has 0 aromatic carbocycles. The Bertz CT molecular complexity index is 437. The molecule has 7 heteroatoms. The molecule has 1 aromatic heterocycles. The van der Waals surface area contributed by atoms with Crippen molar-refractivity contribution >= 4 is 28.2 Å². The number of thiazole rings is 1. The minimum absolute atomic E-state index is 0.135. The molecular weight excluding hydrogens is 264 g/mol. The summed E-state index contributed by atoms with van der Waals surface area (Å²) in [5.41, 5.74) is 5.61. The van der Waals surface area contributed by atoms with Crippen molar-refractivity contribution in [1.29, 1.82) is 0 Å². The van der Waals surface area contributed by atoms with Crippen LogP contribution in [0, 0.1) is 0 Å². The largest absolute Gasteiger partial charge is 0.393 e. The highest BCUT2D eigenvalue weighted by atomic mass is 32.1. The Morgan fingerprint density at radius 3 is 2.68 bits per heavy atom. The molecule has 0 aliphatic heterocycles. The summed E-state index contributed by atoms with van der Waals surface area (Å²) in [4.78, 5) is 16.4. The quantitative estimate of drug-likeness (QED) is 0.656. The van der Waals surface area contributed by atoms with Gasteiger partial charge >= 0.3 is 0 Å². The second-order valence-corrected chi connectivity index (χ2v) is 6.50. The molecule has 1 aromatic rings. The molecule has 0 radical (unpaired) electrons. The molecule has 19 heavy (non-hydrogen) atoms. The van der Waals surface area contributed by atoms with Crippen LogP contribution in [0.5, 0.6) is 0 Å².